The van der Waals surface area contributed by atoms with Gasteiger partial charge in [0.1, 0.15) is 12.4 Å². The predicted octanol–water partition coefficient (Wildman–Crippen LogP) is 2.38. The number of nitrogens with zero attached hydrogens (tertiary/aromatic N) is 1. The first-order chi connectivity index (χ1) is 9.48. The highest BCUT2D eigenvalue weighted by molar-refractivity contribution is 5.64. The quantitative estimate of drug-likeness (QED) is 0.393. The summed E-state index contributed by atoms with van der Waals surface area (Å²) in [5.41, 5.74) is 5.52. The van der Waals surface area contributed by atoms with E-state index in [9.17, 15) is 14.9 Å². The van der Waals surface area contributed by atoms with Crippen molar-refractivity contribution in [3.05, 3.63) is 34.4 Å². The number of ether oxygens (including phenoxy) is 2. The molecule has 7 nitrogen and oxygen atoms in total. The summed E-state index contributed by atoms with van der Waals surface area (Å²) in [5.74, 6) is 0.193. The van der Waals surface area contributed by atoms with Crippen LogP contribution < -0.4 is 10.5 Å². The van der Waals surface area contributed by atoms with E-state index < -0.39 is 16.6 Å². The number of nitro benzene ring substituents is 1. The molecule has 0 spiro atoms. The molecule has 1 aromatic carbocycles. The second-order valence-electron chi connectivity index (χ2n) is 4.96. The SMILES string of the molecule is NC1(COC(=O)Oc2ccc([N+](=O)[O-])cc2)CCCC1. The second-order valence-corrected chi connectivity index (χ2v) is 4.96. The van der Waals surface area contributed by atoms with E-state index in [2.05, 4.69) is 0 Å². The van der Waals surface area contributed by atoms with Crippen molar-refractivity contribution in [2.24, 2.45) is 5.73 Å². The number of benzene rings is 1. The molecular formula is C13H16N2O5. The summed E-state index contributed by atoms with van der Waals surface area (Å²) in [7, 11) is 0. The summed E-state index contributed by atoms with van der Waals surface area (Å²) in [6.07, 6.45) is 2.89. The monoisotopic (exact) mass is 280 g/mol. The fourth-order valence-corrected chi connectivity index (χ4v) is 2.19. The molecule has 108 valence electrons. The first-order valence-corrected chi connectivity index (χ1v) is 6.36. The molecule has 0 aromatic heterocycles. The van der Waals surface area contributed by atoms with Crippen LogP contribution in [0.15, 0.2) is 24.3 Å². The molecule has 0 amide bonds. The summed E-state index contributed by atoms with van der Waals surface area (Å²) >= 11 is 0. The van der Waals surface area contributed by atoms with Gasteiger partial charge in [-0.2, -0.15) is 0 Å². The van der Waals surface area contributed by atoms with Gasteiger partial charge in [-0.3, -0.25) is 10.1 Å². The lowest BCUT2D eigenvalue weighted by molar-refractivity contribution is -0.384. The lowest BCUT2D eigenvalue weighted by Crippen LogP contribution is -2.42. The first-order valence-electron chi connectivity index (χ1n) is 6.36. The molecule has 1 aliphatic carbocycles. The van der Waals surface area contributed by atoms with Crippen molar-refractivity contribution in [1.82, 2.24) is 0 Å². The summed E-state index contributed by atoms with van der Waals surface area (Å²) in [6.45, 7) is 0.124. The Morgan fingerprint density at radius 1 is 1.30 bits per heavy atom. The zero-order valence-corrected chi connectivity index (χ0v) is 10.9. The lowest BCUT2D eigenvalue weighted by Gasteiger charge is -2.22. The van der Waals surface area contributed by atoms with Crippen molar-refractivity contribution < 1.29 is 19.2 Å². The minimum Gasteiger partial charge on any atom is -0.432 e. The Labute approximate surface area is 115 Å². The van der Waals surface area contributed by atoms with Crippen LogP contribution in [0.2, 0.25) is 0 Å². The first kappa shape index (κ1) is 14.3. The van der Waals surface area contributed by atoms with E-state index >= 15 is 0 Å². The maximum absolute atomic E-state index is 11.5. The van der Waals surface area contributed by atoms with E-state index in [1.165, 1.54) is 24.3 Å². The van der Waals surface area contributed by atoms with Crippen LogP contribution in [-0.2, 0) is 4.74 Å². The molecule has 0 atom stereocenters. The smallest absolute Gasteiger partial charge is 0.432 e. The zero-order chi connectivity index (χ0) is 14.6. The van der Waals surface area contributed by atoms with Gasteiger partial charge in [0.2, 0.25) is 0 Å². The third-order valence-electron chi connectivity index (χ3n) is 3.33. The van der Waals surface area contributed by atoms with Gasteiger partial charge >= 0.3 is 6.16 Å². The van der Waals surface area contributed by atoms with E-state index in [1.807, 2.05) is 0 Å². The minimum atomic E-state index is -0.851. The highest BCUT2D eigenvalue weighted by Gasteiger charge is 2.31. The van der Waals surface area contributed by atoms with Gasteiger partial charge in [-0.15, -0.1) is 0 Å². The Kier molecular flexibility index (Phi) is 4.19. The van der Waals surface area contributed by atoms with Crippen LogP contribution in [0.5, 0.6) is 5.75 Å². The Morgan fingerprint density at radius 3 is 2.45 bits per heavy atom. The van der Waals surface area contributed by atoms with Crippen LogP contribution in [0.4, 0.5) is 10.5 Å². The zero-order valence-electron chi connectivity index (χ0n) is 10.9. The fourth-order valence-electron chi connectivity index (χ4n) is 2.19. The van der Waals surface area contributed by atoms with Crippen molar-refractivity contribution in [2.45, 2.75) is 31.2 Å². The Morgan fingerprint density at radius 2 is 1.90 bits per heavy atom. The van der Waals surface area contributed by atoms with Crippen molar-refractivity contribution in [3.8, 4) is 5.75 Å². The van der Waals surface area contributed by atoms with Gasteiger partial charge in [0, 0.05) is 12.1 Å². The standard InChI is InChI=1S/C13H16N2O5/c14-13(7-1-2-8-13)9-19-12(16)20-11-5-3-10(4-6-11)15(17)18/h3-6H,1-2,7-9,14H2. The summed E-state index contributed by atoms with van der Waals surface area (Å²) in [5, 5.41) is 10.5. The van der Waals surface area contributed by atoms with E-state index in [0.717, 1.165) is 25.7 Å². The van der Waals surface area contributed by atoms with Crippen LogP contribution in [0.25, 0.3) is 0 Å². The summed E-state index contributed by atoms with van der Waals surface area (Å²) in [6, 6.07) is 5.19. The molecule has 1 saturated carbocycles. The molecule has 0 saturated heterocycles. The average molecular weight is 280 g/mol. The van der Waals surface area contributed by atoms with Crippen LogP contribution in [0.3, 0.4) is 0 Å². The maximum Gasteiger partial charge on any atom is 0.513 e. The third kappa shape index (κ3) is 3.67. The highest BCUT2D eigenvalue weighted by atomic mass is 16.7. The van der Waals surface area contributed by atoms with Crippen molar-refractivity contribution in [1.29, 1.82) is 0 Å². The van der Waals surface area contributed by atoms with Crippen LogP contribution in [0.1, 0.15) is 25.7 Å². The molecule has 1 aromatic rings. The Balaban J connectivity index is 1.83. The summed E-state index contributed by atoms with van der Waals surface area (Å²) in [4.78, 5) is 21.4. The molecule has 0 heterocycles. The van der Waals surface area contributed by atoms with Crippen LogP contribution >= 0.6 is 0 Å². The fraction of sp³-hybridized carbons (Fsp3) is 0.462. The van der Waals surface area contributed by atoms with E-state index in [1.54, 1.807) is 0 Å². The second kappa shape index (κ2) is 5.87. The number of nitro groups is 1. The molecule has 0 aliphatic heterocycles. The van der Waals surface area contributed by atoms with Crippen molar-refractivity contribution in [2.75, 3.05) is 6.61 Å². The van der Waals surface area contributed by atoms with Gasteiger partial charge in [0.15, 0.2) is 0 Å². The number of non-ortho nitro benzene ring substituents is 1. The van der Waals surface area contributed by atoms with E-state index in [4.69, 9.17) is 15.2 Å². The van der Waals surface area contributed by atoms with E-state index in [0.29, 0.717) is 0 Å². The Hall–Kier alpha value is -2.15. The molecule has 0 unspecified atom stereocenters. The number of carbonyl (C=O) groups excluding carboxylic acids is 1. The van der Waals surface area contributed by atoms with E-state index in [-0.39, 0.29) is 18.0 Å². The highest BCUT2D eigenvalue weighted by Crippen LogP contribution is 2.27. The van der Waals surface area contributed by atoms with Gasteiger partial charge < -0.3 is 15.2 Å². The van der Waals surface area contributed by atoms with Crippen LogP contribution in [-0.4, -0.2) is 23.2 Å². The number of hydrogen-bond acceptors (Lipinski definition) is 6. The van der Waals surface area contributed by atoms with Gasteiger partial charge in [-0.1, -0.05) is 12.8 Å². The Bertz CT molecular complexity index is 494. The summed E-state index contributed by atoms with van der Waals surface area (Å²) < 4.78 is 9.91. The van der Waals surface area contributed by atoms with Gasteiger partial charge in [-0.25, -0.2) is 4.79 Å². The largest absolute Gasteiger partial charge is 0.513 e. The molecular weight excluding hydrogens is 264 g/mol. The normalized spacial score (nSPS) is 16.6. The maximum atomic E-state index is 11.5. The van der Waals surface area contributed by atoms with Gasteiger partial charge in [-0.05, 0) is 25.0 Å². The lowest BCUT2D eigenvalue weighted by atomic mass is 10.0. The van der Waals surface area contributed by atoms with Crippen molar-refractivity contribution in [3.63, 3.8) is 0 Å². The molecule has 20 heavy (non-hydrogen) atoms. The van der Waals surface area contributed by atoms with Gasteiger partial charge in [0.25, 0.3) is 5.69 Å². The minimum absolute atomic E-state index is 0.0717. The average Bonchev–Trinajstić information content (AvgIpc) is 2.85. The van der Waals surface area contributed by atoms with Crippen LogP contribution in [0, 0.1) is 10.1 Å². The molecule has 1 fully saturated rings. The number of rotatable bonds is 4. The molecule has 0 bridgehead atoms. The topological polar surface area (TPSA) is 105 Å². The molecule has 2 rings (SSSR count). The predicted molar refractivity (Wildman–Crippen MR) is 70.5 cm³/mol. The van der Waals surface area contributed by atoms with Gasteiger partial charge in [0.05, 0.1) is 10.5 Å². The molecule has 1 aliphatic rings. The molecule has 0 radical (unpaired) electrons. The molecule has 2 N–H and O–H groups in total. The third-order valence-corrected chi connectivity index (χ3v) is 3.33. The molecule has 7 heteroatoms. The number of nitrogens with two attached hydrogens (primary N) is 1. The number of carbonyl (C=O) groups is 1. The number of hydrogen-bond donors (Lipinski definition) is 1. The van der Waals surface area contributed by atoms with Crippen molar-refractivity contribution >= 4 is 11.8 Å².